The Morgan fingerprint density at radius 2 is 2.05 bits per heavy atom. The predicted molar refractivity (Wildman–Crippen MR) is 74.5 cm³/mol. The standard InChI is InChI=1S/C14H20F3N3/c1-4-10(2)20-13(18-3)19-9-11-6-5-7-12(8-11)14(15,16)17/h5-8,10H,4,9H2,1-3H3,(H2,18,19,20). The molecule has 0 saturated heterocycles. The average molecular weight is 287 g/mol. The zero-order valence-corrected chi connectivity index (χ0v) is 11.9. The molecular weight excluding hydrogens is 267 g/mol. The number of benzene rings is 1. The van der Waals surface area contributed by atoms with Crippen molar-refractivity contribution in [2.45, 2.75) is 39.0 Å². The number of halogens is 3. The van der Waals surface area contributed by atoms with Gasteiger partial charge in [0.25, 0.3) is 0 Å². The van der Waals surface area contributed by atoms with Crippen molar-refractivity contribution in [2.75, 3.05) is 7.05 Å². The summed E-state index contributed by atoms with van der Waals surface area (Å²) in [4.78, 5) is 4.03. The minimum absolute atomic E-state index is 0.253. The van der Waals surface area contributed by atoms with Crippen LogP contribution in [0.1, 0.15) is 31.4 Å². The molecule has 0 heterocycles. The van der Waals surface area contributed by atoms with Gasteiger partial charge in [0.05, 0.1) is 5.56 Å². The van der Waals surface area contributed by atoms with Crippen LogP contribution in [-0.4, -0.2) is 19.0 Å². The van der Waals surface area contributed by atoms with E-state index in [9.17, 15) is 13.2 Å². The first kappa shape index (κ1) is 16.3. The van der Waals surface area contributed by atoms with Gasteiger partial charge in [0.15, 0.2) is 5.96 Å². The van der Waals surface area contributed by atoms with E-state index < -0.39 is 11.7 Å². The van der Waals surface area contributed by atoms with Crippen LogP contribution in [0.3, 0.4) is 0 Å². The van der Waals surface area contributed by atoms with Crippen LogP contribution in [0, 0.1) is 0 Å². The quantitative estimate of drug-likeness (QED) is 0.659. The molecule has 3 nitrogen and oxygen atoms in total. The first-order chi connectivity index (χ1) is 9.36. The Hall–Kier alpha value is -1.72. The highest BCUT2D eigenvalue weighted by Gasteiger charge is 2.30. The van der Waals surface area contributed by atoms with Gasteiger partial charge in [-0.15, -0.1) is 0 Å². The monoisotopic (exact) mass is 287 g/mol. The number of alkyl halides is 3. The predicted octanol–water partition coefficient (Wildman–Crippen LogP) is 3.17. The normalized spacial score (nSPS) is 14.0. The van der Waals surface area contributed by atoms with Crippen LogP contribution in [0.4, 0.5) is 13.2 Å². The molecule has 0 aliphatic heterocycles. The first-order valence-corrected chi connectivity index (χ1v) is 6.50. The molecule has 112 valence electrons. The molecule has 0 fully saturated rings. The summed E-state index contributed by atoms with van der Waals surface area (Å²) in [7, 11) is 1.63. The van der Waals surface area contributed by atoms with Crippen LogP contribution in [-0.2, 0) is 12.7 Å². The number of aliphatic imine (C=N–C) groups is 1. The van der Waals surface area contributed by atoms with Crippen molar-refractivity contribution in [2.24, 2.45) is 4.99 Å². The molecule has 0 saturated carbocycles. The van der Waals surface area contributed by atoms with E-state index in [1.165, 1.54) is 6.07 Å². The van der Waals surface area contributed by atoms with Crippen molar-refractivity contribution in [3.05, 3.63) is 35.4 Å². The largest absolute Gasteiger partial charge is 0.416 e. The second-order valence-electron chi connectivity index (χ2n) is 4.58. The van der Waals surface area contributed by atoms with Crippen molar-refractivity contribution < 1.29 is 13.2 Å². The number of hydrogen-bond donors (Lipinski definition) is 2. The molecule has 2 N–H and O–H groups in total. The molecule has 6 heteroatoms. The van der Waals surface area contributed by atoms with E-state index in [0.717, 1.165) is 18.6 Å². The lowest BCUT2D eigenvalue weighted by molar-refractivity contribution is -0.137. The van der Waals surface area contributed by atoms with Gasteiger partial charge in [-0.2, -0.15) is 13.2 Å². The molecule has 1 aromatic carbocycles. The van der Waals surface area contributed by atoms with E-state index in [4.69, 9.17) is 0 Å². The molecule has 1 rings (SSSR count). The zero-order valence-electron chi connectivity index (χ0n) is 11.9. The van der Waals surface area contributed by atoms with Gasteiger partial charge < -0.3 is 10.6 Å². The Morgan fingerprint density at radius 1 is 1.35 bits per heavy atom. The van der Waals surface area contributed by atoms with Gasteiger partial charge in [-0.05, 0) is 31.0 Å². The highest BCUT2D eigenvalue weighted by molar-refractivity contribution is 5.79. The van der Waals surface area contributed by atoms with Gasteiger partial charge in [0, 0.05) is 19.6 Å². The Balaban J connectivity index is 2.65. The third-order valence-corrected chi connectivity index (χ3v) is 2.93. The molecule has 0 radical (unpaired) electrons. The smallest absolute Gasteiger partial charge is 0.354 e. The second kappa shape index (κ2) is 7.17. The molecule has 0 aromatic heterocycles. The molecule has 0 aliphatic carbocycles. The van der Waals surface area contributed by atoms with E-state index in [1.807, 2.05) is 13.8 Å². The molecule has 20 heavy (non-hydrogen) atoms. The highest BCUT2D eigenvalue weighted by Crippen LogP contribution is 2.29. The van der Waals surface area contributed by atoms with Gasteiger partial charge in [0.1, 0.15) is 0 Å². The second-order valence-corrected chi connectivity index (χ2v) is 4.58. The summed E-state index contributed by atoms with van der Waals surface area (Å²) in [6.07, 6.45) is -3.38. The van der Waals surface area contributed by atoms with E-state index in [-0.39, 0.29) is 6.04 Å². The summed E-state index contributed by atoms with van der Waals surface area (Å²) in [6.45, 7) is 4.34. The molecular formula is C14H20F3N3. The Kier molecular flexibility index (Phi) is 5.85. The fourth-order valence-corrected chi connectivity index (χ4v) is 1.57. The van der Waals surface area contributed by atoms with Gasteiger partial charge in [-0.3, -0.25) is 4.99 Å². The molecule has 1 aromatic rings. The zero-order chi connectivity index (χ0) is 15.2. The summed E-state index contributed by atoms with van der Waals surface area (Å²) < 4.78 is 37.8. The van der Waals surface area contributed by atoms with E-state index in [0.29, 0.717) is 18.1 Å². The lowest BCUT2D eigenvalue weighted by atomic mass is 10.1. The number of rotatable bonds is 4. The van der Waals surface area contributed by atoms with Crippen molar-refractivity contribution >= 4 is 5.96 Å². The number of nitrogens with one attached hydrogen (secondary N) is 2. The van der Waals surface area contributed by atoms with Crippen LogP contribution in [0.25, 0.3) is 0 Å². The molecule has 0 spiro atoms. The lowest BCUT2D eigenvalue weighted by Gasteiger charge is -2.16. The molecule has 0 aliphatic rings. The SMILES string of the molecule is CCC(C)NC(=NC)NCc1cccc(C(F)(F)F)c1. The van der Waals surface area contributed by atoms with Gasteiger partial charge >= 0.3 is 6.18 Å². The fraction of sp³-hybridized carbons (Fsp3) is 0.500. The maximum atomic E-state index is 12.6. The van der Waals surface area contributed by atoms with Crippen molar-refractivity contribution in [3.63, 3.8) is 0 Å². The van der Waals surface area contributed by atoms with Crippen molar-refractivity contribution in [1.29, 1.82) is 0 Å². The summed E-state index contributed by atoms with van der Waals surface area (Å²) >= 11 is 0. The number of guanidine groups is 1. The Bertz CT molecular complexity index is 455. The summed E-state index contributed by atoms with van der Waals surface area (Å²) in [5.74, 6) is 0.580. The van der Waals surface area contributed by atoms with E-state index in [2.05, 4.69) is 15.6 Å². The van der Waals surface area contributed by atoms with Crippen molar-refractivity contribution in [1.82, 2.24) is 10.6 Å². The minimum atomic E-state index is -4.31. The van der Waals surface area contributed by atoms with Gasteiger partial charge in [0.2, 0.25) is 0 Å². The number of nitrogens with zero attached hydrogens (tertiary/aromatic N) is 1. The third-order valence-electron chi connectivity index (χ3n) is 2.93. The van der Waals surface area contributed by atoms with Crippen LogP contribution < -0.4 is 10.6 Å². The van der Waals surface area contributed by atoms with Crippen LogP contribution in [0.2, 0.25) is 0 Å². The summed E-state index contributed by atoms with van der Waals surface area (Å²) in [6, 6.07) is 5.52. The molecule has 0 bridgehead atoms. The minimum Gasteiger partial charge on any atom is -0.354 e. The Labute approximate surface area is 117 Å². The first-order valence-electron chi connectivity index (χ1n) is 6.50. The summed E-state index contributed by atoms with van der Waals surface area (Å²) in [5.41, 5.74) is -0.0754. The van der Waals surface area contributed by atoms with Gasteiger partial charge in [-0.25, -0.2) is 0 Å². The van der Waals surface area contributed by atoms with E-state index >= 15 is 0 Å². The topological polar surface area (TPSA) is 36.4 Å². The summed E-state index contributed by atoms with van der Waals surface area (Å²) in [5, 5.41) is 6.15. The molecule has 1 atom stereocenters. The molecule has 0 amide bonds. The fourth-order valence-electron chi connectivity index (χ4n) is 1.57. The maximum Gasteiger partial charge on any atom is 0.416 e. The van der Waals surface area contributed by atoms with Crippen LogP contribution >= 0.6 is 0 Å². The molecule has 1 unspecified atom stereocenters. The maximum absolute atomic E-state index is 12.6. The highest BCUT2D eigenvalue weighted by atomic mass is 19.4. The van der Waals surface area contributed by atoms with E-state index in [1.54, 1.807) is 13.1 Å². The van der Waals surface area contributed by atoms with Crippen LogP contribution in [0.5, 0.6) is 0 Å². The van der Waals surface area contributed by atoms with Crippen LogP contribution in [0.15, 0.2) is 29.3 Å². The number of hydrogen-bond acceptors (Lipinski definition) is 1. The van der Waals surface area contributed by atoms with Crippen molar-refractivity contribution in [3.8, 4) is 0 Å². The average Bonchev–Trinajstić information content (AvgIpc) is 2.42. The Morgan fingerprint density at radius 3 is 2.60 bits per heavy atom. The lowest BCUT2D eigenvalue weighted by Crippen LogP contribution is -2.41. The van der Waals surface area contributed by atoms with Gasteiger partial charge in [-0.1, -0.05) is 19.1 Å². The third kappa shape index (κ3) is 5.11.